The van der Waals surface area contributed by atoms with Crippen molar-refractivity contribution in [3.05, 3.63) is 95.1 Å². The highest BCUT2D eigenvalue weighted by atomic mass is 16.5. The summed E-state index contributed by atoms with van der Waals surface area (Å²) in [6.07, 6.45) is 3.72. The lowest BCUT2D eigenvalue weighted by molar-refractivity contribution is -0.144. The number of hydrogen-bond donors (Lipinski definition) is 2. The van der Waals surface area contributed by atoms with E-state index < -0.39 is 0 Å². The molecule has 0 atom stereocenters. The summed E-state index contributed by atoms with van der Waals surface area (Å²) in [6.45, 7) is 3.46. The first-order chi connectivity index (χ1) is 19.0. The summed E-state index contributed by atoms with van der Waals surface area (Å²) in [6, 6.07) is 23.3. The third-order valence-electron chi connectivity index (χ3n) is 6.52. The average Bonchev–Trinajstić information content (AvgIpc) is 3.12. The van der Waals surface area contributed by atoms with Crippen LogP contribution in [0.4, 0.5) is 5.69 Å². The van der Waals surface area contributed by atoms with Crippen LogP contribution in [0.2, 0.25) is 0 Å². The molecule has 0 radical (unpaired) electrons. The number of carbonyl (C=O) groups excluding carboxylic acids is 2. The highest BCUT2D eigenvalue weighted by Gasteiger charge is 2.21. The normalized spacial score (nSPS) is 12.6. The predicted molar refractivity (Wildman–Crippen MR) is 154 cm³/mol. The molecule has 1 amide bonds. The van der Waals surface area contributed by atoms with Crippen LogP contribution in [0.5, 0.6) is 0 Å². The zero-order valence-corrected chi connectivity index (χ0v) is 22.3. The van der Waals surface area contributed by atoms with Gasteiger partial charge in [0.1, 0.15) is 12.4 Å². The number of aliphatic hydroxyl groups is 1. The van der Waals surface area contributed by atoms with Crippen molar-refractivity contribution in [1.29, 1.82) is 0 Å². The van der Waals surface area contributed by atoms with E-state index in [4.69, 9.17) is 10.5 Å². The number of amides is 1. The molecule has 1 heterocycles. The summed E-state index contributed by atoms with van der Waals surface area (Å²) in [5.74, 6) is 0.0409. The van der Waals surface area contributed by atoms with Crippen molar-refractivity contribution < 1.29 is 19.4 Å². The first-order valence-corrected chi connectivity index (χ1v) is 13.3. The zero-order chi connectivity index (χ0) is 27.6. The molecule has 7 heteroatoms. The number of esters is 1. The Morgan fingerprint density at radius 3 is 2.44 bits per heavy atom. The second-order valence-electron chi connectivity index (χ2n) is 9.61. The predicted octanol–water partition coefficient (Wildman–Crippen LogP) is 5.04. The Hall–Kier alpha value is -4.23. The number of ether oxygens (including phenoxy) is 1. The smallest absolute Gasteiger partial charge is 0.310 e. The number of nitrogens with two attached hydrogens (primary N) is 1. The van der Waals surface area contributed by atoms with Gasteiger partial charge in [0.25, 0.3) is 0 Å². The van der Waals surface area contributed by atoms with Gasteiger partial charge in [0.05, 0.1) is 12.1 Å². The molecule has 3 aromatic carbocycles. The maximum absolute atomic E-state index is 13.2. The van der Waals surface area contributed by atoms with E-state index in [2.05, 4.69) is 4.99 Å². The molecule has 7 nitrogen and oxygen atoms in total. The van der Waals surface area contributed by atoms with Gasteiger partial charge in [-0.3, -0.25) is 9.59 Å². The van der Waals surface area contributed by atoms with E-state index in [1.165, 1.54) is 0 Å². The monoisotopic (exact) mass is 525 g/mol. The molecule has 4 rings (SSSR count). The minimum Gasteiger partial charge on any atom is -0.461 e. The fourth-order valence-corrected chi connectivity index (χ4v) is 4.53. The van der Waals surface area contributed by atoms with E-state index in [1.807, 2.05) is 85.8 Å². The Bertz CT molecular complexity index is 1350. The van der Waals surface area contributed by atoms with Crippen LogP contribution >= 0.6 is 0 Å². The van der Waals surface area contributed by atoms with E-state index in [-0.39, 0.29) is 37.9 Å². The van der Waals surface area contributed by atoms with Gasteiger partial charge < -0.3 is 20.5 Å². The maximum Gasteiger partial charge on any atom is 0.310 e. The van der Waals surface area contributed by atoms with E-state index in [0.717, 1.165) is 34.2 Å². The van der Waals surface area contributed by atoms with Crippen molar-refractivity contribution in [2.45, 2.75) is 39.2 Å². The van der Waals surface area contributed by atoms with Gasteiger partial charge >= 0.3 is 5.97 Å². The van der Waals surface area contributed by atoms with E-state index in [9.17, 15) is 14.7 Å². The number of nitrogens with zero attached hydrogens (tertiary/aromatic N) is 2. The van der Waals surface area contributed by atoms with Crippen LogP contribution in [0, 0.1) is 0 Å². The van der Waals surface area contributed by atoms with Crippen LogP contribution in [-0.2, 0) is 27.4 Å². The molecule has 0 fully saturated rings. The SMILES string of the molecule is CCCN(CCCO)C(=O)C1=Cc2ccc(-c3ccc(CC(=O)OCc4ccccc4)cc3)cc2N=C(N)C1. The molecular formula is C32H35N3O4. The van der Waals surface area contributed by atoms with E-state index in [0.29, 0.717) is 36.6 Å². The van der Waals surface area contributed by atoms with Gasteiger partial charge in [0.2, 0.25) is 5.91 Å². The molecule has 0 aliphatic carbocycles. The van der Waals surface area contributed by atoms with Gasteiger partial charge in [-0.15, -0.1) is 0 Å². The van der Waals surface area contributed by atoms with Crippen LogP contribution < -0.4 is 5.73 Å². The lowest BCUT2D eigenvalue weighted by Gasteiger charge is -2.23. The number of amidine groups is 1. The number of benzene rings is 3. The Morgan fingerprint density at radius 2 is 1.72 bits per heavy atom. The van der Waals surface area contributed by atoms with Crippen molar-refractivity contribution in [3.63, 3.8) is 0 Å². The van der Waals surface area contributed by atoms with Crippen LogP contribution in [0.25, 0.3) is 17.2 Å². The Kier molecular flexibility index (Phi) is 9.64. The number of rotatable bonds is 11. The molecule has 1 aliphatic rings. The number of carbonyl (C=O) groups is 2. The number of fused-ring (bicyclic) bond motifs is 1. The molecule has 39 heavy (non-hydrogen) atoms. The van der Waals surface area contributed by atoms with Crippen LogP contribution in [0.3, 0.4) is 0 Å². The molecule has 1 aliphatic heterocycles. The van der Waals surface area contributed by atoms with E-state index in [1.54, 1.807) is 4.90 Å². The number of aliphatic hydroxyl groups excluding tert-OH is 1. The Balaban J connectivity index is 1.46. The molecule has 3 aromatic rings. The number of aliphatic imine (C=N–C) groups is 1. The highest BCUT2D eigenvalue weighted by Crippen LogP contribution is 2.32. The second-order valence-corrected chi connectivity index (χ2v) is 9.61. The summed E-state index contributed by atoms with van der Waals surface area (Å²) in [5, 5.41) is 9.22. The van der Waals surface area contributed by atoms with Gasteiger partial charge in [0, 0.05) is 37.3 Å². The minimum absolute atomic E-state index is 0.0427. The van der Waals surface area contributed by atoms with E-state index >= 15 is 0 Å². The molecular weight excluding hydrogens is 490 g/mol. The Morgan fingerprint density at radius 1 is 0.974 bits per heavy atom. The highest BCUT2D eigenvalue weighted by molar-refractivity contribution is 6.05. The molecule has 0 spiro atoms. The minimum atomic E-state index is -0.271. The lowest BCUT2D eigenvalue weighted by Crippen LogP contribution is -2.35. The zero-order valence-electron chi connectivity index (χ0n) is 22.3. The van der Waals surface area contributed by atoms with Crippen LogP contribution in [-0.4, -0.2) is 47.4 Å². The van der Waals surface area contributed by atoms with Gasteiger partial charge in [-0.25, -0.2) is 4.99 Å². The molecule has 0 saturated heterocycles. The Labute approximate surface area is 229 Å². The first-order valence-electron chi connectivity index (χ1n) is 13.3. The number of hydrogen-bond acceptors (Lipinski definition) is 6. The van der Waals surface area contributed by atoms with Crippen LogP contribution in [0.15, 0.2) is 83.4 Å². The molecule has 0 aromatic heterocycles. The van der Waals surface area contributed by atoms with Crippen LogP contribution in [0.1, 0.15) is 42.9 Å². The maximum atomic E-state index is 13.2. The first kappa shape index (κ1) is 27.8. The quantitative estimate of drug-likeness (QED) is 0.342. The van der Waals surface area contributed by atoms with Crippen molar-refractivity contribution >= 4 is 29.5 Å². The fourth-order valence-electron chi connectivity index (χ4n) is 4.53. The topological polar surface area (TPSA) is 105 Å². The summed E-state index contributed by atoms with van der Waals surface area (Å²) in [5.41, 5.74) is 12.1. The summed E-state index contributed by atoms with van der Waals surface area (Å²) < 4.78 is 5.39. The van der Waals surface area contributed by atoms with Crippen molar-refractivity contribution in [1.82, 2.24) is 4.90 Å². The molecule has 0 bridgehead atoms. The van der Waals surface area contributed by atoms with Gasteiger partial charge in [-0.05, 0) is 47.2 Å². The fraction of sp³-hybridized carbons (Fsp3) is 0.281. The summed E-state index contributed by atoms with van der Waals surface area (Å²) in [4.78, 5) is 31.9. The summed E-state index contributed by atoms with van der Waals surface area (Å²) >= 11 is 0. The van der Waals surface area contributed by atoms with Crippen molar-refractivity contribution in [3.8, 4) is 11.1 Å². The van der Waals surface area contributed by atoms with Gasteiger partial charge in [-0.2, -0.15) is 0 Å². The lowest BCUT2D eigenvalue weighted by atomic mass is 9.99. The largest absolute Gasteiger partial charge is 0.461 e. The standard InChI is InChI=1S/C32H35N3O4/c1-2-15-35(16-6-17-36)32(38)28-19-27-14-13-26(20-29(27)34-30(33)21-28)25-11-9-23(10-12-25)18-31(37)39-22-24-7-4-3-5-8-24/h3-5,7-14,19-20,36H,2,6,15-18,21-22H2,1H3,(H2,33,34). The molecule has 3 N–H and O–H groups in total. The molecule has 0 saturated carbocycles. The van der Waals surface area contributed by atoms with Gasteiger partial charge in [-0.1, -0.05) is 73.7 Å². The second kappa shape index (κ2) is 13.5. The van der Waals surface area contributed by atoms with Gasteiger partial charge in [0.15, 0.2) is 0 Å². The molecule has 0 unspecified atom stereocenters. The average molecular weight is 526 g/mol. The third kappa shape index (κ3) is 7.65. The van der Waals surface area contributed by atoms with Crippen molar-refractivity contribution in [2.75, 3.05) is 19.7 Å². The summed E-state index contributed by atoms with van der Waals surface area (Å²) in [7, 11) is 0. The third-order valence-corrected chi connectivity index (χ3v) is 6.52. The van der Waals surface area contributed by atoms with Crippen molar-refractivity contribution in [2.24, 2.45) is 10.7 Å². The molecule has 202 valence electrons.